The van der Waals surface area contributed by atoms with Crippen LogP contribution < -0.4 is 5.32 Å². The highest BCUT2D eigenvalue weighted by Crippen LogP contribution is 2.26. The number of hydrogen-bond acceptors (Lipinski definition) is 2. The maximum atomic E-state index is 3.73. The summed E-state index contributed by atoms with van der Waals surface area (Å²) in [6, 6.07) is 0.799. The van der Waals surface area contributed by atoms with Gasteiger partial charge in [-0.2, -0.15) is 11.8 Å². The smallest absolute Gasteiger partial charge is 0.0111 e. The first-order valence-electron chi connectivity index (χ1n) is 6.28. The molecule has 1 N–H and O–H groups in total. The largest absolute Gasteiger partial charge is 0.313 e. The zero-order valence-corrected chi connectivity index (χ0v) is 10.8. The molecule has 15 heavy (non-hydrogen) atoms. The van der Waals surface area contributed by atoms with Gasteiger partial charge < -0.3 is 5.32 Å². The Kier molecular flexibility index (Phi) is 7.20. The van der Waals surface area contributed by atoms with Crippen molar-refractivity contribution in [3.05, 3.63) is 12.7 Å². The molecular weight excluding hydrogens is 202 g/mol. The van der Waals surface area contributed by atoms with Crippen LogP contribution in [0.5, 0.6) is 0 Å². The van der Waals surface area contributed by atoms with Gasteiger partial charge in [0.2, 0.25) is 0 Å². The van der Waals surface area contributed by atoms with Gasteiger partial charge in [0.1, 0.15) is 0 Å². The number of thioether (sulfide) groups is 1. The zero-order chi connectivity index (χ0) is 10.9. The van der Waals surface area contributed by atoms with Crippen molar-refractivity contribution in [2.24, 2.45) is 5.92 Å². The highest BCUT2D eigenvalue weighted by molar-refractivity contribution is 7.99. The third-order valence-electron chi connectivity index (χ3n) is 3.28. The molecule has 1 fully saturated rings. The Morgan fingerprint density at radius 3 is 3.07 bits per heavy atom. The van der Waals surface area contributed by atoms with E-state index >= 15 is 0 Å². The van der Waals surface area contributed by atoms with Crippen LogP contribution in [0, 0.1) is 5.92 Å². The van der Waals surface area contributed by atoms with Crippen molar-refractivity contribution in [2.75, 3.05) is 18.1 Å². The summed E-state index contributed by atoms with van der Waals surface area (Å²) in [5.41, 5.74) is 0. The van der Waals surface area contributed by atoms with E-state index in [2.05, 4.69) is 18.8 Å². The van der Waals surface area contributed by atoms with Crippen molar-refractivity contribution in [1.29, 1.82) is 0 Å². The lowest BCUT2D eigenvalue weighted by Crippen LogP contribution is -2.35. The minimum atomic E-state index is 0.799. The molecule has 1 aliphatic carbocycles. The predicted molar refractivity (Wildman–Crippen MR) is 71.6 cm³/mol. The van der Waals surface area contributed by atoms with Gasteiger partial charge in [-0.15, -0.1) is 6.58 Å². The van der Waals surface area contributed by atoms with Gasteiger partial charge in [-0.25, -0.2) is 0 Å². The highest BCUT2D eigenvalue weighted by atomic mass is 32.2. The molecule has 0 aliphatic heterocycles. The van der Waals surface area contributed by atoms with Gasteiger partial charge in [-0.05, 0) is 18.8 Å². The van der Waals surface area contributed by atoms with Crippen molar-refractivity contribution in [3.8, 4) is 0 Å². The molecule has 88 valence electrons. The number of rotatable bonds is 7. The summed E-state index contributed by atoms with van der Waals surface area (Å²) in [4.78, 5) is 0. The predicted octanol–water partition coefficient (Wildman–Crippen LogP) is 3.46. The number of nitrogens with one attached hydrogen (secondary N) is 1. The Labute approximate surface area is 99.1 Å². The Morgan fingerprint density at radius 1 is 1.47 bits per heavy atom. The summed E-state index contributed by atoms with van der Waals surface area (Å²) < 4.78 is 0. The lowest BCUT2D eigenvalue weighted by atomic mass is 9.84. The van der Waals surface area contributed by atoms with Gasteiger partial charge in [0.05, 0.1) is 0 Å². The van der Waals surface area contributed by atoms with E-state index in [1.165, 1.54) is 44.4 Å². The maximum Gasteiger partial charge on any atom is 0.0111 e. The Hall–Kier alpha value is 0.0500. The summed E-state index contributed by atoms with van der Waals surface area (Å²) in [6.45, 7) is 7.22. The SMILES string of the molecule is C=CCSCCNC1CCCC(CC)C1. The Morgan fingerprint density at radius 2 is 2.33 bits per heavy atom. The lowest BCUT2D eigenvalue weighted by molar-refractivity contribution is 0.283. The molecular formula is C13H25NS. The average molecular weight is 227 g/mol. The van der Waals surface area contributed by atoms with E-state index in [1.807, 2.05) is 17.8 Å². The molecule has 2 atom stereocenters. The highest BCUT2D eigenvalue weighted by Gasteiger charge is 2.19. The molecule has 0 aromatic heterocycles. The third-order valence-corrected chi connectivity index (χ3v) is 4.24. The second kappa shape index (κ2) is 8.23. The molecule has 0 spiro atoms. The first-order valence-corrected chi connectivity index (χ1v) is 7.44. The van der Waals surface area contributed by atoms with E-state index in [9.17, 15) is 0 Å². The van der Waals surface area contributed by atoms with Crippen LogP contribution in [0.2, 0.25) is 0 Å². The minimum Gasteiger partial charge on any atom is -0.313 e. The van der Waals surface area contributed by atoms with Gasteiger partial charge >= 0.3 is 0 Å². The van der Waals surface area contributed by atoms with E-state index in [0.717, 1.165) is 17.7 Å². The summed E-state index contributed by atoms with van der Waals surface area (Å²) >= 11 is 1.97. The van der Waals surface area contributed by atoms with Crippen molar-refractivity contribution in [3.63, 3.8) is 0 Å². The molecule has 1 saturated carbocycles. The van der Waals surface area contributed by atoms with Gasteiger partial charge in [-0.3, -0.25) is 0 Å². The van der Waals surface area contributed by atoms with Gasteiger partial charge in [-0.1, -0.05) is 32.3 Å². The molecule has 0 aromatic rings. The maximum absolute atomic E-state index is 3.73. The van der Waals surface area contributed by atoms with Crippen LogP contribution in [-0.2, 0) is 0 Å². The van der Waals surface area contributed by atoms with Crippen LogP contribution in [-0.4, -0.2) is 24.1 Å². The second-order valence-corrected chi connectivity index (χ2v) is 5.61. The molecule has 1 rings (SSSR count). The van der Waals surface area contributed by atoms with E-state index in [4.69, 9.17) is 0 Å². The van der Waals surface area contributed by atoms with Crippen molar-refractivity contribution >= 4 is 11.8 Å². The fourth-order valence-corrected chi connectivity index (χ4v) is 2.94. The monoisotopic (exact) mass is 227 g/mol. The van der Waals surface area contributed by atoms with E-state index in [-0.39, 0.29) is 0 Å². The first-order chi connectivity index (χ1) is 7.36. The fraction of sp³-hybridized carbons (Fsp3) is 0.846. The molecule has 1 nitrogen and oxygen atoms in total. The van der Waals surface area contributed by atoms with Gasteiger partial charge in [0.25, 0.3) is 0 Å². The summed E-state index contributed by atoms with van der Waals surface area (Å²) in [5, 5.41) is 3.69. The van der Waals surface area contributed by atoms with Gasteiger partial charge in [0.15, 0.2) is 0 Å². The average Bonchev–Trinajstić information content (AvgIpc) is 2.29. The normalized spacial score (nSPS) is 26.5. The fourth-order valence-electron chi connectivity index (χ4n) is 2.35. The summed E-state index contributed by atoms with van der Waals surface area (Å²) in [7, 11) is 0. The molecule has 0 radical (unpaired) electrons. The van der Waals surface area contributed by atoms with Crippen molar-refractivity contribution in [1.82, 2.24) is 5.32 Å². The molecule has 0 amide bonds. The molecule has 0 saturated heterocycles. The standard InChI is InChI=1S/C13H25NS/c1-3-9-15-10-8-14-13-7-5-6-12(4-2)11-13/h3,12-14H,1,4-11H2,2H3. The summed E-state index contributed by atoms with van der Waals surface area (Å²) in [5.74, 6) is 3.29. The third kappa shape index (κ3) is 5.62. The quantitative estimate of drug-likeness (QED) is 0.528. The zero-order valence-electron chi connectivity index (χ0n) is 10.0. The van der Waals surface area contributed by atoms with Crippen LogP contribution >= 0.6 is 11.8 Å². The number of hydrogen-bond donors (Lipinski definition) is 1. The van der Waals surface area contributed by atoms with Crippen LogP contribution in [0.1, 0.15) is 39.0 Å². The van der Waals surface area contributed by atoms with Crippen LogP contribution in [0.25, 0.3) is 0 Å². The van der Waals surface area contributed by atoms with E-state index < -0.39 is 0 Å². The van der Waals surface area contributed by atoms with Crippen molar-refractivity contribution < 1.29 is 0 Å². The van der Waals surface area contributed by atoms with E-state index in [0.29, 0.717) is 0 Å². The van der Waals surface area contributed by atoms with Gasteiger partial charge in [0, 0.05) is 24.1 Å². The first kappa shape index (κ1) is 13.1. The molecule has 2 unspecified atom stereocenters. The lowest BCUT2D eigenvalue weighted by Gasteiger charge is -2.29. The van der Waals surface area contributed by atoms with Crippen LogP contribution in [0.4, 0.5) is 0 Å². The molecule has 1 aliphatic rings. The van der Waals surface area contributed by atoms with Crippen LogP contribution in [0.15, 0.2) is 12.7 Å². The Bertz CT molecular complexity index is 170. The minimum absolute atomic E-state index is 0.799. The topological polar surface area (TPSA) is 12.0 Å². The molecule has 0 aromatic carbocycles. The molecule has 0 heterocycles. The Balaban J connectivity index is 2.02. The van der Waals surface area contributed by atoms with Crippen molar-refractivity contribution in [2.45, 2.75) is 45.1 Å². The second-order valence-electron chi connectivity index (χ2n) is 4.46. The van der Waals surface area contributed by atoms with E-state index in [1.54, 1.807) is 0 Å². The molecule has 0 bridgehead atoms. The molecule has 2 heteroatoms. The summed E-state index contributed by atoms with van der Waals surface area (Å²) in [6.07, 6.45) is 9.03. The van der Waals surface area contributed by atoms with Crippen LogP contribution in [0.3, 0.4) is 0 Å².